The van der Waals surface area contributed by atoms with Crippen molar-refractivity contribution >= 4 is 11.6 Å². The molecule has 0 radical (unpaired) electrons. The molecule has 3 heteroatoms. The van der Waals surface area contributed by atoms with Gasteiger partial charge >= 0.3 is 0 Å². The van der Waals surface area contributed by atoms with Crippen LogP contribution in [0.2, 0.25) is 0 Å². The Morgan fingerprint density at radius 2 is 2.00 bits per heavy atom. The maximum Gasteiger partial charge on any atom is 0.220 e. The molecule has 1 aromatic carbocycles. The monoisotopic (exact) mass is 272 g/mol. The highest BCUT2D eigenvalue weighted by Gasteiger charge is 2.22. The van der Waals surface area contributed by atoms with Crippen LogP contribution in [0.15, 0.2) is 24.3 Å². The molecular weight excluding hydrogens is 248 g/mol. The van der Waals surface area contributed by atoms with Crippen molar-refractivity contribution in [3.63, 3.8) is 0 Å². The number of hydrogen-bond acceptors (Lipinski definition) is 2. The maximum absolute atomic E-state index is 12.2. The van der Waals surface area contributed by atoms with Crippen molar-refractivity contribution in [1.29, 1.82) is 0 Å². The Morgan fingerprint density at radius 3 is 2.85 bits per heavy atom. The summed E-state index contributed by atoms with van der Waals surface area (Å²) >= 11 is 0. The second-order valence-electron chi connectivity index (χ2n) is 6.21. The lowest BCUT2D eigenvalue weighted by Crippen LogP contribution is -2.44. The second kappa shape index (κ2) is 6.29. The smallest absolute Gasteiger partial charge is 0.220 e. The Bertz CT molecular complexity index is 466. The molecule has 1 aliphatic carbocycles. The van der Waals surface area contributed by atoms with Crippen LogP contribution in [0, 0.1) is 5.92 Å². The van der Waals surface area contributed by atoms with Gasteiger partial charge in [-0.2, -0.15) is 0 Å². The van der Waals surface area contributed by atoms with Crippen LogP contribution in [-0.4, -0.2) is 18.5 Å². The van der Waals surface area contributed by atoms with Crippen molar-refractivity contribution < 1.29 is 4.79 Å². The van der Waals surface area contributed by atoms with E-state index in [0.717, 1.165) is 19.4 Å². The number of rotatable bonds is 3. The summed E-state index contributed by atoms with van der Waals surface area (Å²) in [6.07, 6.45) is 8.09. The van der Waals surface area contributed by atoms with Crippen molar-refractivity contribution in [3.05, 3.63) is 29.8 Å². The summed E-state index contributed by atoms with van der Waals surface area (Å²) in [6.45, 7) is 0.841. The fourth-order valence-corrected chi connectivity index (χ4v) is 3.48. The highest BCUT2D eigenvalue weighted by atomic mass is 16.1. The standard InChI is InChI=1S/C17H24N2O/c20-17(10-13-6-2-1-3-7-13)19-15-11-14-8-4-5-9-16(14)18-12-15/h4-5,8-9,13,15,18H,1-3,6-7,10-12H2,(H,19,20). The molecule has 108 valence electrons. The summed E-state index contributed by atoms with van der Waals surface area (Å²) in [4.78, 5) is 12.2. The number of carbonyl (C=O) groups excluding carboxylic acids is 1. The van der Waals surface area contributed by atoms with E-state index in [9.17, 15) is 4.79 Å². The third kappa shape index (κ3) is 3.33. The van der Waals surface area contributed by atoms with Gasteiger partial charge in [-0.1, -0.05) is 37.5 Å². The number of carbonyl (C=O) groups is 1. The van der Waals surface area contributed by atoms with Gasteiger partial charge < -0.3 is 10.6 Å². The lowest BCUT2D eigenvalue weighted by Gasteiger charge is -2.28. The molecule has 0 spiro atoms. The van der Waals surface area contributed by atoms with E-state index in [4.69, 9.17) is 0 Å². The first kappa shape index (κ1) is 13.5. The molecule has 1 unspecified atom stereocenters. The molecule has 3 rings (SSSR count). The first-order valence-corrected chi connectivity index (χ1v) is 7.92. The molecule has 2 aliphatic rings. The first-order chi connectivity index (χ1) is 9.81. The number of amides is 1. The molecule has 0 saturated heterocycles. The minimum Gasteiger partial charge on any atom is -0.383 e. The minimum absolute atomic E-state index is 0.237. The summed E-state index contributed by atoms with van der Waals surface area (Å²) in [7, 11) is 0. The van der Waals surface area contributed by atoms with Crippen molar-refractivity contribution in [2.75, 3.05) is 11.9 Å². The topological polar surface area (TPSA) is 41.1 Å². The number of fused-ring (bicyclic) bond motifs is 1. The lowest BCUT2D eigenvalue weighted by atomic mass is 9.86. The Kier molecular flexibility index (Phi) is 4.24. The Balaban J connectivity index is 1.50. The summed E-state index contributed by atoms with van der Waals surface area (Å²) in [5.41, 5.74) is 2.52. The third-order valence-electron chi connectivity index (χ3n) is 4.59. The van der Waals surface area contributed by atoms with E-state index >= 15 is 0 Å². The molecule has 3 nitrogen and oxygen atoms in total. The van der Waals surface area contributed by atoms with Crippen LogP contribution in [0.4, 0.5) is 5.69 Å². The lowest BCUT2D eigenvalue weighted by molar-refractivity contribution is -0.122. The molecule has 1 atom stereocenters. The second-order valence-corrected chi connectivity index (χ2v) is 6.21. The van der Waals surface area contributed by atoms with Gasteiger partial charge in [0.15, 0.2) is 0 Å². The molecule has 0 bridgehead atoms. The van der Waals surface area contributed by atoms with Gasteiger partial charge in [-0.05, 0) is 36.8 Å². The van der Waals surface area contributed by atoms with Crippen LogP contribution in [-0.2, 0) is 11.2 Å². The molecule has 2 N–H and O–H groups in total. The van der Waals surface area contributed by atoms with E-state index < -0.39 is 0 Å². The third-order valence-corrected chi connectivity index (χ3v) is 4.59. The number of para-hydroxylation sites is 1. The van der Waals surface area contributed by atoms with E-state index in [2.05, 4.69) is 28.8 Å². The predicted octanol–water partition coefficient (Wildman–Crippen LogP) is 3.11. The number of nitrogens with one attached hydrogen (secondary N) is 2. The van der Waals surface area contributed by atoms with Gasteiger partial charge in [-0.3, -0.25) is 4.79 Å². The van der Waals surface area contributed by atoms with E-state index in [1.165, 1.54) is 43.4 Å². The molecule has 1 saturated carbocycles. The van der Waals surface area contributed by atoms with Gasteiger partial charge in [0.2, 0.25) is 5.91 Å². The van der Waals surface area contributed by atoms with Crippen LogP contribution in [0.1, 0.15) is 44.1 Å². The van der Waals surface area contributed by atoms with Crippen LogP contribution < -0.4 is 10.6 Å². The maximum atomic E-state index is 12.2. The highest BCUT2D eigenvalue weighted by Crippen LogP contribution is 2.26. The van der Waals surface area contributed by atoms with E-state index in [-0.39, 0.29) is 11.9 Å². The summed E-state index contributed by atoms with van der Waals surface area (Å²) in [5, 5.41) is 6.61. The first-order valence-electron chi connectivity index (χ1n) is 7.92. The summed E-state index contributed by atoms with van der Waals surface area (Å²) in [5.74, 6) is 0.857. The van der Waals surface area contributed by atoms with Gasteiger partial charge in [0.25, 0.3) is 0 Å². The molecular formula is C17H24N2O. The molecule has 1 aliphatic heterocycles. The van der Waals surface area contributed by atoms with Gasteiger partial charge in [0.1, 0.15) is 0 Å². The van der Waals surface area contributed by atoms with Gasteiger partial charge in [0.05, 0.1) is 6.04 Å². The zero-order chi connectivity index (χ0) is 13.8. The fourth-order valence-electron chi connectivity index (χ4n) is 3.48. The van der Waals surface area contributed by atoms with E-state index in [1.807, 2.05) is 6.07 Å². The Hall–Kier alpha value is -1.51. The fraction of sp³-hybridized carbons (Fsp3) is 0.588. The quantitative estimate of drug-likeness (QED) is 0.887. The number of hydrogen-bond donors (Lipinski definition) is 2. The zero-order valence-corrected chi connectivity index (χ0v) is 12.0. The van der Waals surface area contributed by atoms with Crippen LogP contribution in [0.3, 0.4) is 0 Å². The average Bonchev–Trinajstić information content (AvgIpc) is 2.48. The van der Waals surface area contributed by atoms with Gasteiger partial charge in [-0.15, -0.1) is 0 Å². The summed E-state index contributed by atoms with van der Waals surface area (Å²) < 4.78 is 0. The van der Waals surface area contributed by atoms with Crippen molar-refractivity contribution in [3.8, 4) is 0 Å². The number of anilines is 1. The van der Waals surface area contributed by atoms with E-state index in [1.54, 1.807) is 0 Å². The zero-order valence-electron chi connectivity index (χ0n) is 12.0. The minimum atomic E-state index is 0.237. The van der Waals surface area contributed by atoms with Crippen LogP contribution in [0.5, 0.6) is 0 Å². The van der Waals surface area contributed by atoms with Crippen LogP contribution in [0.25, 0.3) is 0 Å². The SMILES string of the molecule is O=C(CC1CCCCC1)NC1CNc2ccccc2C1. The molecule has 1 heterocycles. The van der Waals surface area contributed by atoms with Gasteiger partial charge in [-0.25, -0.2) is 0 Å². The number of benzene rings is 1. The molecule has 0 aromatic heterocycles. The average molecular weight is 272 g/mol. The molecule has 1 amide bonds. The summed E-state index contributed by atoms with van der Waals surface area (Å²) in [6, 6.07) is 8.60. The molecule has 1 fully saturated rings. The van der Waals surface area contributed by atoms with Gasteiger partial charge in [0, 0.05) is 18.7 Å². The predicted molar refractivity (Wildman–Crippen MR) is 81.8 cm³/mol. The van der Waals surface area contributed by atoms with E-state index in [0.29, 0.717) is 5.92 Å². The van der Waals surface area contributed by atoms with Crippen molar-refractivity contribution in [2.45, 2.75) is 51.0 Å². The van der Waals surface area contributed by atoms with Crippen LogP contribution >= 0.6 is 0 Å². The Labute approximate surface area is 121 Å². The van der Waals surface area contributed by atoms with Crippen molar-refractivity contribution in [1.82, 2.24) is 5.32 Å². The highest BCUT2D eigenvalue weighted by molar-refractivity contribution is 5.76. The molecule has 20 heavy (non-hydrogen) atoms. The molecule has 1 aromatic rings. The van der Waals surface area contributed by atoms with Crippen molar-refractivity contribution in [2.24, 2.45) is 5.92 Å². The largest absolute Gasteiger partial charge is 0.383 e. The normalized spacial score (nSPS) is 22.7. The Morgan fingerprint density at radius 1 is 1.20 bits per heavy atom.